The van der Waals surface area contributed by atoms with Crippen LogP contribution < -0.4 is 20.7 Å². The molecule has 2 aromatic carbocycles. The van der Waals surface area contributed by atoms with Crippen LogP contribution in [0.3, 0.4) is 0 Å². The number of amides is 3. The topological polar surface area (TPSA) is 92.4 Å². The van der Waals surface area contributed by atoms with Crippen molar-refractivity contribution in [3.05, 3.63) is 83.7 Å². The second-order valence-electron chi connectivity index (χ2n) is 8.17. The summed E-state index contributed by atoms with van der Waals surface area (Å²) in [4.78, 5) is 28.8. The molecule has 172 valence electrons. The van der Waals surface area contributed by atoms with E-state index >= 15 is 0 Å². The van der Waals surface area contributed by atoms with Gasteiger partial charge < -0.3 is 20.7 Å². The van der Waals surface area contributed by atoms with Gasteiger partial charge in [-0.1, -0.05) is 26.0 Å². The minimum atomic E-state index is -0.686. The first kappa shape index (κ1) is 23.8. The zero-order valence-corrected chi connectivity index (χ0v) is 19.4. The summed E-state index contributed by atoms with van der Waals surface area (Å²) < 4.78 is 5.84. The van der Waals surface area contributed by atoms with Crippen molar-refractivity contribution in [2.75, 3.05) is 10.6 Å². The van der Waals surface area contributed by atoms with Crippen molar-refractivity contribution in [2.24, 2.45) is 0 Å². The first-order valence-corrected chi connectivity index (χ1v) is 10.9. The Balaban J connectivity index is 1.54. The number of carbonyl (C=O) groups excluding carboxylic acids is 2. The average molecular weight is 447 g/mol. The van der Waals surface area contributed by atoms with Crippen LogP contribution in [0.2, 0.25) is 0 Å². The Labute approximate surface area is 194 Å². The minimum absolute atomic E-state index is 0.278. The van der Waals surface area contributed by atoms with Crippen molar-refractivity contribution in [3.8, 4) is 5.75 Å². The number of benzene rings is 2. The first-order chi connectivity index (χ1) is 15.8. The van der Waals surface area contributed by atoms with Gasteiger partial charge in [-0.25, -0.2) is 4.79 Å². The smallest absolute Gasteiger partial charge is 0.319 e. The largest absolute Gasteiger partial charge is 0.481 e. The molecule has 0 bridgehead atoms. The number of nitrogens with zero attached hydrogens (tertiary/aromatic N) is 1. The maximum absolute atomic E-state index is 12.6. The van der Waals surface area contributed by atoms with Crippen molar-refractivity contribution in [1.29, 1.82) is 0 Å². The van der Waals surface area contributed by atoms with Crippen LogP contribution in [0.1, 0.15) is 43.4 Å². The number of aromatic nitrogens is 1. The minimum Gasteiger partial charge on any atom is -0.481 e. The van der Waals surface area contributed by atoms with Gasteiger partial charge in [0.15, 0.2) is 6.10 Å². The number of nitrogens with one attached hydrogen (secondary N) is 3. The molecule has 0 saturated heterocycles. The van der Waals surface area contributed by atoms with Gasteiger partial charge in [-0.2, -0.15) is 0 Å². The lowest BCUT2D eigenvalue weighted by atomic mass is 9.98. The summed E-state index contributed by atoms with van der Waals surface area (Å²) in [7, 11) is 0. The van der Waals surface area contributed by atoms with E-state index < -0.39 is 6.10 Å². The Kier molecular flexibility index (Phi) is 8.02. The molecule has 1 atom stereocenters. The number of aryl methyl sites for hydroxylation is 1. The summed E-state index contributed by atoms with van der Waals surface area (Å²) in [5, 5.41) is 8.39. The lowest BCUT2D eigenvalue weighted by molar-refractivity contribution is -0.122. The standard InChI is InChI=1S/C26H30N4O3/c1-17(2)24-9-8-23(14-18(24)3)33-19(4)25(31)29-21-6-5-7-22(15-21)30-26(32)28-16-20-10-12-27-13-11-20/h5-15,17,19H,16H2,1-4H3,(H,29,31)(H2,28,30,32). The highest BCUT2D eigenvalue weighted by atomic mass is 16.5. The molecular formula is C26H30N4O3. The van der Waals surface area contributed by atoms with Crippen LogP contribution >= 0.6 is 0 Å². The number of carbonyl (C=O) groups is 2. The SMILES string of the molecule is Cc1cc(OC(C)C(=O)Nc2cccc(NC(=O)NCc3ccncc3)c2)ccc1C(C)C. The van der Waals surface area contributed by atoms with Gasteiger partial charge in [-0.05, 0) is 78.9 Å². The van der Waals surface area contributed by atoms with E-state index in [4.69, 9.17) is 4.74 Å². The van der Waals surface area contributed by atoms with Crippen LogP contribution in [-0.4, -0.2) is 23.0 Å². The summed E-state index contributed by atoms with van der Waals surface area (Å²) in [6, 6.07) is 16.2. The monoisotopic (exact) mass is 446 g/mol. The van der Waals surface area contributed by atoms with Crippen LogP contribution in [0.15, 0.2) is 67.0 Å². The molecule has 0 radical (unpaired) electrons. The molecule has 0 fully saturated rings. The van der Waals surface area contributed by atoms with Crippen molar-refractivity contribution in [1.82, 2.24) is 10.3 Å². The zero-order chi connectivity index (χ0) is 23.8. The fourth-order valence-corrected chi connectivity index (χ4v) is 3.40. The van der Waals surface area contributed by atoms with Gasteiger partial charge in [-0.15, -0.1) is 0 Å². The van der Waals surface area contributed by atoms with Gasteiger partial charge in [0, 0.05) is 30.3 Å². The molecule has 3 N–H and O–H groups in total. The van der Waals surface area contributed by atoms with Crippen molar-refractivity contribution in [3.63, 3.8) is 0 Å². The highest BCUT2D eigenvalue weighted by molar-refractivity contribution is 5.95. The van der Waals surface area contributed by atoms with Gasteiger partial charge in [-0.3, -0.25) is 9.78 Å². The number of hydrogen-bond donors (Lipinski definition) is 3. The molecular weight excluding hydrogens is 416 g/mol. The normalized spacial score (nSPS) is 11.5. The van der Waals surface area contributed by atoms with Gasteiger partial charge in [0.2, 0.25) is 0 Å². The van der Waals surface area contributed by atoms with Crippen LogP contribution in [0.4, 0.5) is 16.2 Å². The lowest BCUT2D eigenvalue weighted by Crippen LogP contribution is -2.30. The van der Waals surface area contributed by atoms with Crippen LogP contribution in [0.25, 0.3) is 0 Å². The number of urea groups is 1. The van der Waals surface area contributed by atoms with E-state index in [9.17, 15) is 9.59 Å². The molecule has 1 aromatic heterocycles. The molecule has 33 heavy (non-hydrogen) atoms. The summed E-state index contributed by atoms with van der Waals surface area (Å²) >= 11 is 0. The zero-order valence-electron chi connectivity index (χ0n) is 19.4. The second-order valence-corrected chi connectivity index (χ2v) is 8.17. The number of hydrogen-bond acceptors (Lipinski definition) is 4. The van der Waals surface area contributed by atoms with Crippen LogP contribution in [-0.2, 0) is 11.3 Å². The quantitative estimate of drug-likeness (QED) is 0.441. The molecule has 3 rings (SSSR count). The summed E-state index contributed by atoms with van der Waals surface area (Å²) in [6.45, 7) is 8.42. The molecule has 1 unspecified atom stereocenters. The molecule has 0 spiro atoms. The van der Waals surface area contributed by atoms with E-state index in [0.29, 0.717) is 29.6 Å². The van der Waals surface area contributed by atoms with Crippen molar-refractivity contribution >= 4 is 23.3 Å². The predicted molar refractivity (Wildman–Crippen MR) is 131 cm³/mol. The highest BCUT2D eigenvalue weighted by Crippen LogP contribution is 2.24. The van der Waals surface area contributed by atoms with Gasteiger partial charge in [0.05, 0.1) is 0 Å². The fourth-order valence-electron chi connectivity index (χ4n) is 3.40. The molecule has 3 amide bonds. The van der Waals surface area contributed by atoms with Gasteiger partial charge in [0.1, 0.15) is 5.75 Å². The van der Waals surface area contributed by atoms with Crippen LogP contribution in [0, 0.1) is 6.92 Å². The van der Waals surface area contributed by atoms with Gasteiger partial charge >= 0.3 is 6.03 Å². The fraction of sp³-hybridized carbons (Fsp3) is 0.269. The van der Waals surface area contributed by atoms with E-state index in [2.05, 4.69) is 34.8 Å². The number of pyridine rings is 1. The van der Waals surface area contributed by atoms with Crippen LogP contribution in [0.5, 0.6) is 5.75 Å². The lowest BCUT2D eigenvalue weighted by Gasteiger charge is -2.17. The third-order valence-corrected chi connectivity index (χ3v) is 5.14. The van der Waals surface area contributed by atoms with E-state index in [1.54, 1.807) is 43.6 Å². The van der Waals surface area contributed by atoms with Gasteiger partial charge in [0.25, 0.3) is 5.91 Å². The Morgan fingerprint density at radius 3 is 2.30 bits per heavy atom. The Morgan fingerprint density at radius 1 is 0.939 bits per heavy atom. The van der Waals surface area contributed by atoms with Crippen molar-refractivity contribution < 1.29 is 14.3 Å². The molecule has 7 heteroatoms. The molecule has 0 saturated carbocycles. The number of ether oxygens (including phenoxy) is 1. The summed E-state index contributed by atoms with van der Waals surface area (Å²) in [5.74, 6) is 0.805. The Hall–Kier alpha value is -3.87. The van der Waals surface area contributed by atoms with E-state index in [1.165, 1.54) is 5.56 Å². The third kappa shape index (κ3) is 7.07. The summed E-state index contributed by atoms with van der Waals surface area (Å²) in [5.41, 5.74) is 4.47. The molecule has 0 aliphatic rings. The molecule has 1 heterocycles. The van der Waals surface area contributed by atoms with Crippen molar-refractivity contribution in [2.45, 2.75) is 46.3 Å². The third-order valence-electron chi connectivity index (χ3n) is 5.14. The number of rotatable bonds is 8. The molecule has 7 nitrogen and oxygen atoms in total. The Bertz CT molecular complexity index is 1100. The molecule has 3 aromatic rings. The first-order valence-electron chi connectivity index (χ1n) is 10.9. The Morgan fingerprint density at radius 2 is 1.64 bits per heavy atom. The van der Waals surface area contributed by atoms with E-state index in [1.807, 2.05) is 37.3 Å². The highest BCUT2D eigenvalue weighted by Gasteiger charge is 2.16. The maximum Gasteiger partial charge on any atom is 0.319 e. The average Bonchev–Trinajstić information content (AvgIpc) is 2.78. The van der Waals surface area contributed by atoms with E-state index in [0.717, 1.165) is 11.1 Å². The second kappa shape index (κ2) is 11.1. The maximum atomic E-state index is 12.6. The predicted octanol–water partition coefficient (Wildman–Crippen LogP) is 5.24. The summed E-state index contributed by atoms with van der Waals surface area (Å²) in [6.07, 6.45) is 2.66. The molecule has 0 aliphatic heterocycles. The molecule has 0 aliphatic carbocycles. The van der Waals surface area contributed by atoms with E-state index in [-0.39, 0.29) is 11.9 Å². The number of anilines is 2.